The smallest absolute Gasteiger partial charge is 0.307 e. The van der Waals surface area contributed by atoms with Crippen molar-refractivity contribution in [2.24, 2.45) is 11.8 Å². The molecule has 0 unspecified atom stereocenters. The first kappa shape index (κ1) is 23.7. The fourth-order valence-corrected chi connectivity index (χ4v) is 5.57. The van der Waals surface area contributed by atoms with Gasteiger partial charge in [0.25, 0.3) is 0 Å². The monoisotopic (exact) mass is 486 g/mol. The molecule has 1 aromatic heterocycles. The summed E-state index contributed by atoms with van der Waals surface area (Å²) in [4.78, 5) is 22.1. The lowest BCUT2D eigenvalue weighted by molar-refractivity contribution is -0.142. The molecule has 0 aliphatic carbocycles. The van der Waals surface area contributed by atoms with E-state index in [0.717, 1.165) is 11.1 Å². The summed E-state index contributed by atoms with van der Waals surface area (Å²) >= 11 is 12.0. The minimum Gasteiger partial charge on any atom is -0.481 e. The van der Waals surface area contributed by atoms with E-state index in [1.165, 1.54) is 4.31 Å². The van der Waals surface area contributed by atoms with Gasteiger partial charge in [-0.1, -0.05) is 43.1 Å². The maximum atomic E-state index is 12.7. The van der Waals surface area contributed by atoms with Gasteiger partial charge in [0.1, 0.15) is 0 Å². The number of piperazine rings is 1. The van der Waals surface area contributed by atoms with Gasteiger partial charge in [-0.2, -0.15) is 4.31 Å². The van der Waals surface area contributed by atoms with Crippen LogP contribution in [0.25, 0.3) is 11.1 Å². The molecule has 3 rings (SSSR count). The second-order valence-corrected chi connectivity index (χ2v) is 10.6. The number of carbonyl (C=O) groups is 1. The summed E-state index contributed by atoms with van der Waals surface area (Å²) in [6.45, 7) is 4.78. The second kappa shape index (κ2) is 9.68. The Kier molecular flexibility index (Phi) is 7.41. The highest BCUT2D eigenvalue weighted by Gasteiger charge is 2.34. The molecule has 1 N–H and O–H groups in total. The van der Waals surface area contributed by atoms with Crippen molar-refractivity contribution >= 4 is 45.1 Å². The standard InChI is InChI=1S/C20H24Cl2N4O4S/c1-13(2)16(19(27)28)12-31(29,30)26-7-5-25(6-8-26)20-23-10-15(11-24-20)14-3-4-17(21)18(22)9-14/h3-4,9-11,13,16H,5-8,12H2,1-2H3,(H,27,28)/t16-/m1/s1. The van der Waals surface area contributed by atoms with Crippen LogP contribution in [-0.4, -0.2) is 65.7 Å². The number of aliphatic carboxylic acids is 1. The lowest BCUT2D eigenvalue weighted by Crippen LogP contribution is -2.50. The zero-order chi connectivity index (χ0) is 22.8. The number of rotatable bonds is 7. The van der Waals surface area contributed by atoms with E-state index < -0.39 is 27.7 Å². The zero-order valence-corrected chi connectivity index (χ0v) is 19.5. The summed E-state index contributed by atoms with van der Waals surface area (Å²) in [5.41, 5.74) is 1.63. The highest BCUT2D eigenvalue weighted by molar-refractivity contribution is 7.89. The van der Waals surface area contributed by atoms with Crippen molar-refractivity contribution in [1.82, 2.24) is 14.3 Å². The summed E-state index contributed by atoms with van der Waals surface area (Å²) in [6, 6.07) is 5.28. The SMILES string of the molecule is CC(C)[C@@H](CS(=O)(=O)N1CCN(c2ncc(-c3ccc(Cl)c(Cl)c3)cn2)CC1)C(=O)O. The van der Waals surface area contributed by atoms with Crippen LogP contribution in [0.2, 0.25) is 10.0 Å². The largest absolute Gasteiger partial charge is 0.481 e. The lowest BCUT2D eigenvalue weighted by atomic mass is 9.98. The molecule has 0 amide bonds. The van der Waals surface area contributed by atoms with Gasteiger partial charge < -0.3 is 10.0 Å². The van der Waals surface area contributed by atoms with E-state index >= 15 is 0 Å². The fourth-order valence-electron chi connectivity index (χ4n) is 3.36. The lowest BCUT2D eigenvalue weighted by Gasteiger charge is -2.34. The Balaban J connectivity index is 1.64. The highest BCUT2D eigenvalue weighted by atomic mass is 35.5. The predicted octanol–water partition coefficient (Wildman–Crippen LogP) is 3.26. The zero-order valence-electron chi connectivity index (χ0n) is 17.2. The number of benzene rings is 1. The Labute approximate surface area is 191 Å². The quantitative estimate of drug-likeness (QED) is 0.640. The maximum absolute atomic E-state index is 12.7. The summed E-state index contributed by atoms with van der Waals surface area (Å²) in [7, 11) is -3.67. The molecular formula is C20H24Cl2N4O4S. The van der Waals surface area contributed by atoms with Gasteiger partial charge in [0.2, 0.25) is 16.0 Å². The molecule has 1 atom stereocenters. The average molecular weight is 487 g/mol. The molecule has 1 aromatic carbocycles. The molecule has 8 nitrogen and oxygen atoms in total. The van der Waals surface area contributed by atoms with E-state index in [9.17, 15) is 18.3 Å². The van der Waals surface area contributed by atoms with Crippen molar-refractivity contribution in [3.8, 4) is 11.1 Å². The molecular weight excluding hydrogens is 463 g/mol. The van der Waals surface area contributed by atoms with Gasteiger partial charge in [-0.3, -0.25) is 4.79 Å². The Morgan fingerprint density at radius 2 is 1.68 bits per heavy atom. The van der Waals surface area contributed by atoms with E-state index in [4.69, 9.17) is 23.2 Å². The van der Waals surface area contributed by atoms with Crippen LogP contribution in [0, 0.1) is 11.8 Å². The Morgan fingerprint density at radius 3 is 2.19 bits per heavy atom. The van der Waals surface area contributed by atoms with Crippen molar-refractivity contribution in [3.05, 3.63) is 40.6 Å². The van der Waals surface area contributed by atoms with Gasteiger partial charge >= 0.3 is 5.97 Å². The van der Waals surface area contributed by atoms with Gasteiger partial charge in [-0.25, -0.2) is 18.4 Å². The van der Waals surface area contributed by atoms with Crippen LogP contribution in [0.5, 0.6) is 0 Å². The first-order chi connectivity index (χ1) is 14.6. The fraction of sp³-hybridized carbons (Fsp3) is 0.450. The molecule has 1 aliphatic rings. The average Bonchev–Trinajstić information content (AvgIpc) is 2.74. The maximum Gasteiger partial charge on any atom is 0.307 e. The number of aromatic nitrogens is 2. The van der Waals surface area contributed by atoms with Crippen molar-refractivity contribution < 1.29 is 18.3 Å². The van der Waals surface area contributed by atoms with Crippen molar-refractivity contribution in [3.63, 3.8) is 0 Å². The van der Waals surface area contributed by atoms with E-state index in [-0.39, 0.29) is 19.0 Å². The van der Waals surface area contributed by atoms with E-state index in [2.05, 4.69) is 9.97 Å². The van der Waals surface area contributed by atoms with Crippen LogP contribution in [0.1, 0.15) is 13.8 Å². The van der Waals surface area contributed by atoms with E-state index in [0.29, 0.717) is 29.1 Å². The topological polar surface area (TPSA) is 104 Å². The van der Waals surface area contributed by atoms with Gasteiger partial charge in [0.05, 0.1) is 21.7 Å². The minimum atomic E-state index is -3.67. The van der Waals surface area contributed by atoms with E-state index in [1.54, 1.807) is 38.4 Å². The molecule has 0 bridgehead atoms. The molecule has 0 saturated carbocycles. The summed E-state index contributed by atoms with van der Waals surface area (Å²) in [6.07, 6.45) is 3.37. The van der Waals surface area contributed by atoms with Crippen LogP contribution in [-0.2, 0) is 14.8 Å². The molecule has 2 heterocycles. The molecule has 168 valence electrons. The van der Waals surface area contributed by atoms with Gasteiger partial charge in [0, 0.05) is 44.1 Å². The number of carboxylic acid groups (broad SMARTS) is 1. The van der Waals surface area contributed by atoms with Crippen LogP contribution < -0.4 is 4.90 Å². The summed E-state index contributed by atoms with van der Waals surface area (Å²) in [5, 5.41) is 10.2. The number of hydrogen-bond acceptors (Lipinski definition) is 6. The summed E-state index contributed by atoms with van der Waals surface area (Å²) < 4.78 is 26.7. The Morgan fingerprint density at radius 1 is 1.06 bits per heavy atom. The third-order valence-electron chi connectivity index (χ3n) is 5.32. The van der Waals surface area contributed by atoms with Crippen molar-refractivity contribution in [2.45, 2.75) is 13.8 Å². The number of nitrogens with zero attached hydrogens (tertiary/aromatic N) is 4. The Hall–Kier alpha value is -1.94. The number of hydrogen-bond donors (Lipinski definition) is 1. The van der Waals surface area contributed by atoms with Crippen LogP contribution in [0.15, 0.2) is 30.6 Å². The Bertz CT molecular complexity index is 1040. The number of halogens is 2. The minimum absolute atomic E-state index is 0.255. The predicted molar refractivity (Wildman–Crippen MR) is 121 cm³/mol. The third-order valence-corrected chi connectivity index (χ3v) is 7.99. The van der Waals surface area contributed by atoms with Gasteiger partial charge in [0.15, 0.2) is 0 Å². The van der Waals surface area contributed by atoms with Crippen molar-refractivity contribution in [2.75, 3.05) is 36.8 Å². The molecule has 31 heavy (non-hydrogen) atoms. The number of sulfonamides is 1. The third kappa shape index (κ3) is 5.65. The van der Waals surface area contributed by atoms with Crippen LogP contribution >= 0.6 is 23.2 Å². The molecule has 1 fully saturated rings. The second-order valence-electron chi connectivity index (χ2n) is 7.75. The van der Waals surface area contributed by atoms with Gasteiger partial charge in [-0.15, -0.1) is 0 Å². The molecule has 11 heteroatoms. The molecule has 1 saturated heterocycles. The highest BCUT2D eigenvalue weighted by Crippen LogP contribution is 2.28. The van der Waals surface area contributed by atoms with Crippen molar-refractivity contribution in [1.29, 1.82) is 0 Å². The van der Waals surface area contributed by atoms with Crippen LogP contribution in [0.4, 0.5) is 5.95 Å². The summed E-state index contributed by atoms with van der Waals surface area (Å²) in [5.74, 6) is -2.18. The molecule has 0 spiro atoms. The normalized spacial score (nSPS) is 16.5. The number of carboxylic acids is 1. The first-order valence-electron chi connectivity index (χ1n) is 9.81. The van der Waals surface area contributed by atoms with E-state index in [1.807, 2.05) is 11.0 Å². The molecule has 2 aromatic rings. The van der Waals surface area contributed by atoms with Gasteiger partial charge in [-0.05, 0) is 23.6 Å². The number of anilines is 1. The first-order valence-corrected chi connectivity index (χ1v) is 12.2. The molecule has 0 radical (unpaired) electrons. The van der Waals surface area contributed by atoms with Crippen LogP contribution in [0.3, 0.4) is 0 Å². The molecule has 1 aliphatic heterocycles.